The van der Waals surface area contributed by atoms with Crippen molar-refractivity contribution in [2.75, 3.05) is 5.32 Å². The normalized spacial score (nSPS) is 10.4. The van der Waals surface area contributed by atoms with Crippen LogP contribution in [0, 0.1) is 5.82 Å². The quantitative estimate of drug-likeness (QED) is 0.922. The van der Waals surface area contributed by atoms with E-state index >= 15 is 0 Å². The molecule has 1 N–H and O–H groups in total. The van der Waals surface area contributed by atoms with Crippen LogP contribution in [0.15, 0.2) is 41.0 Å². The number of aryl methyl sites for hydroxylation is 1. The van der Waals surface area contributed by atoms with Crippen LogP contribution in [0.5, 0.6) is 0 Å². The first-order valence-corrected chi connectivity index (χ1v) is 6.32. The summed E-state index contributed by atoms with van der Waals surface area (Å²) in [5.41, 5.74) is 0.687. The molecule has 3 nitrogen and oxygen atoms in total. The molecule has 1 amide bonds. The second kappa shape index (κ2) is 5.35. The molecule has 0 spiro atoms. The molecular formula is C13H12BrFN2O. The zero-order valence-corrected chi connectivity index (χ0v) is 11.4. The lowest BCUT2D eigenvalue weighted by molar-refractivity contribution is 0.101. The summed E-state index contributed by atoms with van der Waals surface area (Å²) < 4.78 is 16.0. The maximum atomic E-state index is 13.6. The van der Waals surface area contributed by atoms with E-state index < -0.39 is 5.82 Å². The average Bonchev–Trinajstić information content (AvgIpc) is 2.81. The highest BCUT2D eigenvalue weighted by Gasteiger charge is 2.12. The SMILES string of the molecule is CCn1cccc1C(=O)Nc1ccc(Br)cc1F. The third-order valence-corrected chi connectivity index (χ3v) is 3.08. The van der Waals surface area contributed by atoms with Gasteiger partial charge in [0.15, 0.2) is 0 Å². The van der Waals surface area contributed by atoms with Gasteiger partial charge in [-0.25, -0.2) is 4.39 Å². The fourth-order valence-corrected chi connectivity index (χ4v) is 2.01. The van der Waals surface area contributed by atoms with Crippen LogP contribution >= 0.6 is 15.9 Å². The van der Waals surface area contributed by atoms with Gasteiger partial charge in [0.2, 0.25) is 0 Å². The molecule has 1 aromatic heterocycles. The van der Waals surface area contributed by atoms with E-state index in [1.165, 1.54) is 12.1 Å². The van der Waals surface area contributed by atoms with Gasteiger partial charge in [-0.05, 0) is 37.3 Å². The highest BCUT2D eigenvalue weighted by atomic mass is 79.9. The molecule has 0 saturated heterocycles. The molecule has 5 heteroatoms. The predicted molar refractivity (Wildman–Crippen MR) is 72.2 cm³/mol. The molecule has 0 bridgehead atoms. The first-order chi connectivity index (χ1) is 8.61. The van der Waals surface area contributed by atoms with Crippen LogP contribution < -0.4 is 5.32 Å². The maximum Gasteiger partial charge on any atom is 0.272 e. The Labute approximate surface area is 113 Å². The first kappa shape index (κ1) is 12.8. The van der Waals surface area contributed by atoms with E-state index in [1.807, 2.05) is 13.1 Å². The van der Waals surface area contributed by atoms with Crippen LogP contribution in [-0.2, 0) is 6.54 Å². The Kier molecular flexibility index (Phi) is 3.81. The summed E-state index contributed by atoms with van der Waals surface area (Å²) in [5, 5.41) is 2.56. The van der Waals surface area contributed by atoms with E-state index in [-0.39, 0.29) is 11.6 Å². The van der Waals surface area contributed by atoms with E-state index in [4.69, 9.17) is 0 Å². The lowest BCUT2D eigenvalue weighted by Gasteiger charge is -2.08. The minimum Gasteiger partial charge on any atom is -0.344 e. The molecule has 0 unspecified atom stereocenters. The van der Waals surface area contributed by atoms with Crippen molar-refractivity contribution < 1.29 is 9.18 Å². The number of rotatable bonds is 3. The van der Waals surface area contributed by atoms with Crippen molar-refractivity contribution >= 4 is 27.5 Å². The second-order valence-electron chi connectivity index (χ2n) is 3.76. The number of benzene rings is 1. The Morgan fingerprint density at radius 2 is 2.22 bits per heavy atom. The minimum atomic E-state index is -0.465. The Hall–Kier alpha value is -1.62. The van der Waals surface area contributed by atoms with Crippen molar-refractivity contribution in [3.05, 3.63) is 52.5 Å². The summed E-state index contributed by atoms with van der Waals surface area (Å²) in [7, 11) is 0. The molecule has 18 heavy (non-hydrogen) atoms. The van der Waals surface area contributed by atoms with Gasteiger partial charge in [-0.1, -0.05) is 15.9 Å². The van der Waals surface area contributed by atoms with E-state index in [2.05, 4.69) is 21.2 Å². The molecule has 0 aliphatic carbocycles. The maximum absolute atomic E-state index is 13.6. The fourth-order valence-electron chi connectivity index (χ4n) is 1.67. The Morgan fingerprint density at radius 3 is 2.89 bits per heavy atom. The number of halogens is 2. The summed E-state index contributed by atoms with van der Waals surface area (Å²) in [6.07, 6.45) is 1.81. The van der Waals surface area contributed by atoms with Gasteiger partial charge in [0.05, 0.1) is 5.69 Å². The highest BCUT2D eigenvalue weighted by molar-refractivity contribution is 9.10. The molecule has 0 saturated carbocycles. The summed E-state index contributed by atoms with van der Waals surface area (Å²) in [5.74, 6) is -0.782. The molecule has 0 aliphatic heterocycles. The van der Waals surface area contributed by atoms with Gasteiger partial charge >= 0.3 is 0 Å². The number of hydrogen-bond acceptors (Lipinski definition) is 1. The van der Waals surface area contributed by atoms with Crippen LogP contribution in [0.25, 0.3) is 0 Å². The van der Waals surface area contributed by atoms with Gasteiger partial charge < -0.3 is 9.88 Å². The van der Waals surface area contributed by atoms with Gasteiger partial charge in [0, 0.05) is 17.2 Å². The molecular weight excluding hydrogens is 299 g/mol. The summed E-state index contributed by atoms with van der Waals surface area (Å²) >= 11 is 3.17. The van der Waals surface area contributed by atoms with Crippen molar-refractivity contribution in [1.82, 2.24) is 4.57 Å². The van der Waals surface area contributed by atoms with Crippen molar-refractivity contribution in [1.29, 1.82) is 0 Å². The van der Waals surface area contributed by atoms with Crippen molar-refractivity contribution in [2.24, 2.45) is 0 Å². The third-order valence-electron chi connectivity index (χ3n) is 2.58. The van der Waals surface area contributed by atoms with Gasteiger partial charge in [-0.3, -0.25) is 4.79 Å². The van der Waals surface area contributed by atoms with Crippen LogP contribution in [-0.4, -0.2) is 10.5 Å². The lowest BCUT2D eigenvalue weighted by Crippen LogP contribution is -2.17. The zero-order chi connectivity index (χ0) is 13.1. The van der Waals surface area contributed by atoms with E-state index in [0.29, 0.717) is 16.7 Å². The van der Waals surface area contributed by atoms with Gasteiger partial charge in [-0.2, -0.15) is 0 Å². The van der Waals surface area contributed by atoms with E-state index in [0.717, 1.165) is 0 Å². The van der Waals surface area contributed by atoms with Crippen LogP contribution in [0.1, 0.15) is 17.4 Å². The molecule has 0 atom stereocenters. The standard InChI is InChI=1S/C13H12BrFN2O/c1-2-17-7-3-4-12(17)13(18)16-11-6-5-9(14)8-10(11)15/h3-8H,2H2,1H3,(H,16,18). The number of nitrogens with zero attached hydrogens (tertiary/aromatic N) is 1. The van der Waals surface area contributed by atoms with Crippen molar-refractivity contribution in [2.45, 2.75) is 13.5 Å². The number of nitrogens with one attached hydrogen (secondary N) is 1. The first-order valence-electron chi connectivity index (χ1n) is 5.53. The number of carbonyl (C=O) groups is 1. The molecule has 2 rings (SSSR count). The molecule has 2 aromatic rings. The topological polar surface area (TPSA) is 34.0 Å². The minimum absolute atomic E-state index is 0.173. The van der Waals surface area contributed by atoms with Crippen LogP contribution in [0.2, 0.25) is 0 Å². The monoisotopic (exact) mass is 310 g/mol. The van der Waals surface area contributed by atoms with E-state index in [9.17, 15) is 9.18 Å². The number of carbonyl (C=O) groups excluding carboxylic acids is 1. The van der Waals surface area contributed by atoms with Crippen molar-refractivity contribution in [3.63, 3.8) is 0 Å². The number of amides is 1. The van der Waals surface area contributed by atoms with Gasteiger partial charge in [0.1, 0.15) is 11.5 Å². The average molecular weight is 311 g/mol. The molecule has 94 valence electrons. The molecule has 1 aromatic carbocycles. The zero-order valence-electron chi connectivity index (χ0n) is 9.78. The van der Waals surface area contributed by atoms with Crippen LogP contribution in [0.4, 0.5) is 10.1 Å². The fraction of sp³-hybridized carbons (Fsp3) is 0.154. The molecule has 1 heterocycles. The molecule has 0 aliphatic rings. The molecule has 0 fully saturated rings. The summed E-state index contributed by atoms with van der Waals surface area (Å²) in [4.78, 5) is 12.0. The lowest BCUT2D eigenvalue weighted by atomic mass is 10.3. The van der Waals surface area contributed by atoms with Crippen LogP contribution in [0.3, 0.4) is 0 Å². The predicted octanol–water partition coefficient (Wildman–Crippen LogP) is 3.66. The van der Waals surface area contributed by atoms with Crippen molar-refractivity contribution in [3.8, 4) is 0 Å². The Bertz CT molecular complexity index is 580. The third kappa shape index (κ3) is 2.61. The van der Waals surface area contributed by atoms with Gasteiger partial charge in [-0.15, -0.1) is 0 Å². The second-order valence-corrected chi connectivity index (χ2v) is 4.67. The Morgan fingerprint density at radius 1 is 1.44 bits per heavy atom. The Balaban J connectivity index is 2.21. The van der Waals surface area contributed by atoms with Gasteiger partial charge in [0.25, 0.3) is 5.91 Å². The summed E-state index contributed by atoms with van der Waals surface area (Å²) in [6, 6.07) is 8.01. The molecule has 0 radical (unpaired) electrons. The highest BCUT2D eigenvalue weighted by Crippen LogP contribution is 2.20. The number of anilines is 1. The number of hydrogen-bond donors (Lipinski definition) is 1. The number of aromatic nitrogens is 1. The smallest absolute Gasteiger partial charge is 0.272 e. The summed E-state index contributed by atoms with van der Waals surface area (Å²) in [6.45, 7) is 2.63. The largest absolute Gasteiger partial charge is 0.344 e. The van der Waals surface area contributed by atoms with E-state index in [1.54, 1.807) is 22.8 Å².